The van der Waals surface area contributed by atoms with Crippen molar-refractivity contribution in [2.75, 3.05) is 0 Å². The number of ketones is 1. The number of tetrazole rings is 1. The molecule has 0 bridgehead atoms. The van der Waals surface area contributed by atoms with E-state index in [0.717, 1.165) is 15.3 Å². The molecule has 1 heterocycles. The molecule has 1 atom stereocenters. The van der Waals surface area contributed by atoms with Gasteiger partial charge in [0.2, 0.25) is 5.16 Å². The Morgan fingerprint density at radius 3 is 2.42 bits per heavy atom. The van der Waals surface area contributed by atoms with Crippen LogP contribution in [0.3, 0.4) is 0 Å². The van der Waals surface area contributed by atoms with Gasteiger partial charge in [-0.15, -0.1) is 10.2 Å². The second kappa shape index (κ2) is 10.9. The highest BCUT2D eigenvalue weighted by atomic mass is 32.2. The van der Waals surface area contributed by atoms with Crippen molar-refractivity contribution in [1.82, 2.24) is 25.5 Å². The summed E-state index contributed by atoms with van der Waals surface area (Å²) in [5.74, 6) is -1.83. The van der Waals surface area contributed by atoms with E-state index in [1.807, 2.05) is 36.4 Å². The summed E-state index contributed by atoms with van der Waals surface area (Å²) in [6, 6.07) is 17.0. The molecule has 0 radical (unpaired) electrons. The molecule has 1 aromatic heterocycles. The number of rotatable bonds is 10. The molecule has 2 N–H and O–H groups in total. The third-order valence-corrected chi connectivity index (χ3v) is 4.81. The lowest BCUT2D eigenvalue weighted by atomic mass is 10.1. The number of hydrogen-bond donors (Lipinski definition) is 2. The Kier molecular flexibility index (Phi) is 7.71. The summed E-state index contributed by atoms with van der Waals surface area (Å²) in [6.07, 6.45) is -1.49. The maximum absolute atomic E-state index is 12.6. The zero-order valence-electron chi connectivity index (χ0n) is 16.2. The zero-order chi connectivity index (χ0) is 22.1. The van der Waals surface area contributed by atoms with Crippen LogP contribution in [0.5, 0.6) is 0 Å². The van der Waals surface area contributed by atoms with Gasteiger partial charge < -0.3 is 15.2 Å². The van der Waals surface area contributed by atoms with E-state index in [1.165, 1.54) is 11.8 Å². The molecule has 0 aliphatic heterocycles. The number of carboxylic acids is 1. The van der Waals surface area contributed by atoms with E-state index in [0.29, 0.717) is 5.16 Å². The number of carbonyl (C=O) groups excluding carboxylic acids is 2. The lowest BCUT2D eigenvalue weighted by Crippen LogP contribution is -2.44. The first-order valence-electron chi connectivity index (χ1n) is 9.22. The van der Waals surface area contributed by atoms with Crippen LogP contribution in [0.1, 0.15) is 12.0 Å². The Labute approximate surface area is 181 Å². The van der Waals surface area contributed by atoms with Crippen molar-refractivity contribution in [3.8, 4) is 0 Å². The van der Waals surface area contributed by atoms with Crippen LogP contribution in [-0.4, -0.2) is 49.2 Å². The smallest absolute Gasteiger partial charge is 0.408 e. The van der Waals surface area contributed by atoms with Gasteiger partial charge in [-0.2, -0.15) is 4.80 Å². The predicted octanol–water partition coefficient (Wildman–Crippen LogP) is 2.16. The number of amides is 1. The van der Waals surface area contributed by atoms with Crippen LogP contribution >= 0.6 is 11.8 Å². The Morgan fingerprint density at radius 2 is 1.74 bits per heavy atom. The van der Waals surface area contributed by atoms with Crippen LogP contribution in [-0.2, 0) is 27.5 Å². The second-order valence-corrected chi connectivity index (χ2v) is 7.38. The minimum Gasteiger partial charge on any atom is -0.481 e. The lowest BCUT2D eigenvalue weighted by molar-refractivity contribution is -0.139. The van der Waals surface area contributed by atoms with Gasteiger partial charge in [0, 0.05) is 4.90 Å². The Hall–Kier alpha value is -3.73. The van der Waals surface area contributed by atoms with E-state index >= 15 is 0 Å². The van der Waals surface area contributed by atoms with Crippen molar-refractivity contribution >= 4 is 29.6 Å². The number of nitrogens with zero attached hydrogens (tertiary/aromatic N) is 4. The molecule has 0 aliphatic rings. The van der Waals surface area contributed by atoms with Gasteiger partial charge in [0.1, 0.15) is 19.2 Å². The Morgan fingerprint density at radius 1 is 1.06 bits per heavy atom. The molecule has 3 rings (SSSR count). The number of hydrogen-bond acceptors (Lipinski definition) is 8. The molecule has 31 heavy (non-hydrogen) atoms. The summed E-state index contributed by atoms with van der Waals surface area (Å²) in [5.41, 5.74) is 0.758. The monoisotopic (exact) mass is 441 g/mol. The predicted molar refractivity (Wildman–Crippen MR) is 109 cm³/mol. The average molecular weight is 441 g/mol. The second-order valence-electron chi connectivity index (χ2n) is 6.34. The fourth-order valence-electron chi connectivity index (χ4n) is 2.51. The van der Waals surface area contributed by atoms with Crippen molar-refractivity contribution < 1.29 is 24.2 Å². The largest absolute Gasteiger partial charge is 0.481 e. The highest BCUT2D eigenvalue weighted by Crippen LogP contribution is 2.22. The zero-order valence-corrected chi connectivity index (χ0v) is 17.1. The Balaban J connectivity index is 1.56. The third-order valence-electron chi connectivity index (χ3n) is 3.96. The van der Waals surface area contributed by atoms with Crippen molar-refractivity contribution in [2.45, 2.75) is 35.7 Å². The topological polar surface area (TPSA) is 136 Å². The number of Topliss-reactive ketones (excluding diaryl/α,β-unsaturated/α-hetero) is 1. The van der Waals surface area contributed by atoms with E-state index in [1.54, 1.807) is 24.3 Å². The highest BCUT2D eigenvalue weighted by molar-refractivity contribution is 7.99. The van der Waals surface area contributed by atoms with Crippen LogP contribution in [0.4, 0.5) is 4.79 Å². The fraction of sp³-hybridized carbons (Fsp3) is 0.200. The third kappa shape index (κ3) is 7.23. The number of nitrogens with one attached hydrogen (secondary N) is 1. The highest BCUT2D eigenvalue weighted by Gasteiger charge is 2.25. The van der Waals surface area contributed by atoms with Crippen molar-refractivity contribution in [2.24, 2.45) is 0 Å². The maximum atomic E-state index is 12.6. The standard InChI is InChI=1S/C20H19N5O5S/c26-17(12-25-23-19(22-24-25)31-15-9-5-2-6-10-15)16(11-18(27)28)21-20(29)30-13-14-7-3-1-4-8-14/h1-10,16H,11-13H2,(H,21,29)(H,27,28). The molecule has 1 amide bonds. The first-order chi connectivity index (χ1) is 15.0. The van der Waals surface area contributed by atoms with E-state index in [-0.39, 0.29) is 13.2 Å². The molecule has 0 saturated heterocycles. The molecule has 1 unspecified atom stereocenters. The van der Waals surface area contributed by atoms with E-state index in [2.05, 4.69) is 20.7 Å². The number of carbonyl (C=O) groups is 3. The number of benzene rings is 2. The van der Waals surface area contributed by atoms with Gasteiger partial charge in [0.25, 0.3) is 0 Å². The van der Waals surface area contributed by atoms with E-state index in [9.17, 15) is 14.4 Å². The summed E-state index contributed by atoms with van der Waals surface area (Å²) < 4.78 is 5.06. The summed E-state index contributed by atoms with van der Waals surface area (Å²) in [4.78, 5) is 37.7. The van der Waals surface area contributed by atoms with E-state index in [4.69, 9.17) is 9.84 Å². The molecule has 11 heteroatoms. The maximum Gasteiger partial charge on any atom is 0.408 e. The number of carboxylic acid groups (broad SMARTS) is 1. The van der Waals surface area contributed by atoms with Crippen LogP contribution < -0.4 is 5.32 Å². The van der Waals surface area contributed by atoms with Crippen LogP contribution in [0.2, 0.25) is 0 Å². The van der Waals surface area contributed by atoms with Gasteiger partial charge in [0.05, 0.1) is 6.42 Å². The number of alkyl carbamates (subject to hydrolysis) is 1. The minimum absolute atomic E-state index is 0.00858. The molecule has 0 spiro atoms. The average Bonchev–Trinajstić information content (AvgIpc) is 3.19. The quantitative estimate of drug-likeness (QED) is 0.485. The van der Waals surface area contributed by atoms with Crippen LogP contribution in [0.15, 0.2) is 70.7 Å². The summed E-state index contributed by atoms with van der Waals surface area (Å²) in [6.45, 7) is -0.357. The SMILES string of the molecule is O=C(O)CC(NC(=O)OCc1ccccc1)C(=O)Cn1nnc(Sc2ccccc2)n1. The summed E-state index contributed by atoms with van der Waals surface area (Å²) in [5, 5.41) is 23.5. The molecule has 2 aromatic carbocycles. The molecular formula is C20H19N5O5S. The molecular weight excluding hydrogens is 422 g/mol. The summed E-state index contributed by atoms with van der Waals surface area (Å²) >= 11 is 1.27. The van der Waals surface area contributed by atoms with Crippen molar-refractivity contribution in [3.63, 3.8) is 0 Å². The molecule has 10 nitrogen and oxygen atoms in total. The minimum atomic E-state index is -1.29. The molecule has 0 saturated carbocycles. The van der Waals surface area contributed by atoms with Gasteiger partial charge >= 0.3 is 12.1 Å². The fourth-order valence-corrected chi connectivity index (χ4v) is 3.22. The van der Waals surface area contributed by atoms with Crippen molar-refractivity contribution in [3.05, 3.63) is 66.2 Å². The number of ether oxygens (including phenoxy) is 1. The summed E-state index contributed by atoms with van der Waals surface area (Å²) in [7, 11) is 0. The van der Waals surface area contributed by atoms with Gasteiger partial charge in [-0.1, -0.05) is 48.5 Å². The Bertz CT molecular complexity index is 1030. The molecule has 160 valence electrons. The molecule has 3 aromatic rings. The van der Waals surface area contributed by atoms with E-state index < -0.39 is 30.3 Å². The van der Waals surface area contributed by atoms with Gasteiger partial charge in [-0.3, -0.25) is 9.59 Å². The van der Waals surface area contributed by atoms with Gasteiger partial charge in [-0.05, 0) is 34.7 Å². The van der Waals surface area contributed by atoms with Crippen LogP contribution in [0.25, 0.3) is 0 Å². The normalized spacial score (nSPS) is 11.5. The first kappa shape index (κ1) is 22.0. The van der Waals surface area contributed by atoms with Gasteiger partial charge in [-0.25, -0.2) is 4.79 Å². The van der Waals surface area contributed by atoms with Gasteiger partial charge in [0.15, 0.2) is 5.78 Å². The van der Waals surface area contributed by atoms with Crippen molar-refractivity contribution in [1.29, 1.82) is 0 Å². The molecule has 0 aliphatic carbocycles. The lowest BCUT2D eigenvalue weighted by Gasteiger charge is -2.15. The number of aliphatic carboxylic acids is 1. The molecule has 0 fully saturated rings. The first-order valence-corrected chi connectivity index (χ1v) is 10.0. The number of aromatic nitrogens is 4. The van der Waals surface area contributed by atoms with Crippen LogP contribution in [0, 0.1) is 0 Å².